The molecule has 0 N–H and O–H groups in total. The van der Waals surface area contributed by atoms with Crippen LogP contribution in [0.25, 0.3) is 0 Å². The van der Waals surface area contributed by atoms with Crippen molar-refractivity contribution in [1.82, 2.24) is 0 Å². The maximum Gasteiger partial charge on any atom is 0.126 e. The first-order chi connectivity index (χ1) is 6.22. The number of aryl methyl sites for hydroxylation is 1. The lowest BCUT2D eigenvalue weighted by Gasteiger charge is -2.06. The third-order valence-electron chi connectivity index (χ3n) is 2.55. The van der Waals surface area contributed by atoms with Gasteiger partial charge in [0, 0.05) is 16.0 Å². The van der Waals surface area contributed by atoms with Gasteiger partial charge in [-0.05, 0) is 24.1 Å². The van der Waals surface area contributed by atoms with Crippen molar-refractivity contribution < 1.29 is 4.74 Å². The predicted molar refractivity (Wildman–Crippen MR) is 57.4 cm³/mol. The number of rotatable bonds is 1. The van der Waals surface area contributed by atoms with Crippen molar-refractivity contribution in [3.63, 3.8) is 0 Å². The summed E-state index contributed by atoms with van der Waals surface area (Å²) in [6.45, 7) is 5.20. The third-order valence-corrected chi connectivity index (χ3v) is 3.01. The summed E-state index contributed by atoms with van der Waals surface area (Å²) in [7, 11) is 0. The van der Waals surface area contributed by atoms with Crippen molar-refractivity contribution in [3.05, 3.63) is 27.7 Å². The molecule has 70 valence electrons. The Hall–Kier alpha value is -0.500. The van der Waals surface area contributed by atoms with Gasteiger partial charge in [-0.1, -0.05) is 29.8 Å². The maximum absolute atomic E-state index is 5.67. The van der Waals surface area contributed by atoms with Gasteiger partial charge in [0.2, 0.25) is 0 Å². The van der Waals surface area contributed by atoms with Gasteiger partial charge in [0.25, 0.3) is 0 Å². The second-order valence-electron chi connectivity index (χ2n) is 3.55. The summed E-state index contributed by atoms with van der Waals surface area (Å²) in [4.78, 5) is 0. The Bertz CT molecular complexity index is 333. The van der Waals surface area contributed by atoms with E-state index >= 15 is 0 Å². The van der Waals surface area contributed by atoms with E-state index in [0.29, 0.717) is 5.92 Å². The molecule has 1 nitrogen and oxygen atoms in total. The van der Waals surface area contributed by atoms with Crippen molar-refractivity contribution in [1.29, 1.82) is 0 Å². The Kier molecular flexibility index (Phi) is 2.33. The fraction of sp³-hybridized carbons (Fsp3) is 0.455. The lowest BCUT2D eigenvalue weighted by Crippen LogP contribution is -1.93. The third kappa shape index (κ3) is 1.48. The van der Waals surface area contributed by atoms with E-state index in [1.807, 2.05) is 0 Å². The van der Waals surface area contributed by atoms with Crippen molar-refractivity contribution in [2.45, 2.75) is 26.2 Å². The van der Waals surface area contributed by atoms with E-state index in [4.69, 9.17) is 4.74 Å². The van der Waals surface area contributed by atoms with Crippen LogP contribution >= 0.6 is 15.9 Å². The molecule has 1 aromatic rings. The summed E-state index contributed by atoms with van der Waals surface area (Å²) in [6.07, 6.45) is 1.04. The summed E-state index contributed by atoms with van der Waals surface area (Å²) in [5.41, 5.74) is 2.67. The summed E-state index contributed by atoms with van der Waals surface area (Å²) in [5.74, 6) is 1.66. The highest BCUT2D eigenvalue weighted by atomic mass is 79.9. The average Bonchev–Trinajstić information content (AvgIpc) is 2.47. The van der Waals surface area contributed by atoms with E-state index in [1.54, 1.807) is 0 Å². The number of ether oxygens (including phenoxy) is 1. The van der Waals surface area contributed by atoms with Crippen LogP contribution in [0.3, 0.4) is 0 Å². The van der Waals surface area contributed by atoms with Crippen molar-refractivity contribution >= 4 is 15.9 Å². The number of hydrogen-bond donors (Lipinski definition) is 0. The standard InChI is InChI=1S/C11H13BrO/c1-3-8-4-9(12)5-10-7(2)6-13-11(8)10/h4-5,7H,3,6H2,1-2H3. The van der Waals surface area contributed by atoms with Crippen LogP contribution in [0.4, 0.5) is 0 Å². The molecule has 0 fully saturated rings. The molecule has 1 heterocycles. The van der Waals surface area contributed by atoms with Gasteiger partial charge < -0.3 is 4.74 Å². The maximum atomic E-state index is 5.67. The zero-order valence-electron chi connectivity index (χ0n) is 7.93. The number of hydrogen-bond acceptors (Lipinski definition) is 1. The molecule has 13 heavy (non-hydrogen) atoms. The molecule has 1 aliphatic rings. The minimum Gasteiger partial charge on any atom is -0.492 e. The number of fused-ring (bicyclic) bond motifs is 1. The van der Waals surface area contributed by atoms with E-state index in [0.717, 1.165) is 18.8 Å². The van der Waals surface area contributed by atoms with Crippen LogP contribution in [0, 0.1) is 0 Å². The first-order valence-electron chi connectivity index (χ1n) is 4.67. The molecular formula is C11H13BrO. The van der Waals surface area contributed by atoms with E-state index in [1.165, 1.54) is 15.6 Å². The fourth-order valence-corrected chi connectivity index (χ4v) is 2.30. The molecule has 2 heteroatoms. The van der Waals surface area contributed by atoms with Gasteiger partial charge in [0.05, 0.1) is 6.61 Å². The highest BCUT2D eigenvalue weighted by Gasteiger charge is 2.22. The summed E-state index contributed by atoms with van der Waals surface area (Å²) in [5, 5.41) is 0. The lowest BCUT2D eigenvalue weighted by atomic mass is 10.00. The summed E-state index contributed by atoms with van der Waals surface area (Å²) >= 11 is 3.53. The monoisotopic (exact) mass is 240 g/mol. The SMILES string of the molecule is CCc1cc(Br)cc2c1OCC2C. The van der Waals surface area contributed by atoms with Gasteiger partial charge in [0.1, 0.15) is 5.75 Å². The summed E-state index contributed by atoms with van der Waals surface area (Å²) < 4.78 is 6.83. The fourth-order valence-electron chi connectivity index (χ4n) is 1.78. The normalized spacial score (nSPS) is 19.8. The van der Waals surface area contributed by atoms with Gasteiger partial charge in [-0.25, -0.2) is 0 Å². The molecule has 0 aromatic heterocycles. The first kappa shape index (κ1) is 9.07. The van der Waals surface area contributed by atoms with Crippen LogP contribution in [0.5, 0.6) is 5.75 Å². The largest absolute Gasteiger partial charge is 0.492 e. The Labute approximate surface area is 87.2 Å². The predicted octanol–water partition coefficient (Wildman–Crippen LogP) is 3.51. The molecule has 0 saturated carbocycles. The van der Waals surface area contributed by atoms with Crippen molar-refractivity contribution in [3.8, 4) is 5.75 Å². The average molecular weight is 241 g/mol. The molecule has 0 radical (unpaired) electrons. The topological polar surface area (TPSA) is 9.23 Å². The minimum absolute atomic E-state index is 0.540. The lowest BCUT2D eigenvalue weighted by molar-refractivity contribution is 0.334. The van der Waals surface area contributed by atoms with Crippen LogP contribution in [0.2, 0.25) is 0 Å². The van der Waals surface area contributed by atoms with Crippen molar-refractivity contribution in [2.75, 3.05) is 6.61 Å². The van der Waals surface area contributed by atoms with Gasteiger partial charge in [-0.15, -0.1) is 0 Å². The molecule has 0 aliphatic carbocycles. The molecule has 1 aromatic carbocycles. The zero-order valence-corrected chi connectivity index (χ0v) is 9.52. The van der Waals surface area contributed by atoms with Crippen LogP contribution in [-0.2, 0) is 6.42 Å². The molecule has 0 saturated heterocycles. The first-order valence-corrected chi connectivity index (χ1v) is 5.46. The van der Waals surface area contributed by atoms with Crippen LogP contribution in [0.1, 0.15) is 30.9 Å². The Morgan fingerprint density at radius 3 is 3.00 bits per heavy atom. The Morgan fingerprint density at radius 1 is 1.54 bits per heavy atom. The second kappa shape index (κ2) is 3.33. The molecule has 2 rings (SSSR count). The molecule has 1 atom stereocenters. The number of benzene rings is 1. The summed E-state index contributed by atoms with van der Waals surface area (Å²) in [6, 6.07) is 4.32. The van der Waals surface area contributed by atoms with Crippen molar-refractivity contribution in [2.24, 2.45) is 0 Å². The molecule has 0 bridgehead atoms. The molecule has 0 spiro atoms. The Balaban J connectivity index is 2.56. The molecular weight excluding hydrogens is 228 g/mol. The zero-order chi connectivity index (χ0) is 9.42. The molecule has 1 aliphatic heterocycles. The smallest absolute Gasteiger partial charge is 0.126 e. The Morgan fingerprint density at radius 2 is 2.31 bits per heavy atom. The second-order valence-corrected chi connectivity index (χ2v) is 4.46. The van der Waals surface area contributed by atoms with E-state index in [-0.39, 0.29) is 0 Å². The highest BCUT2D eigenvalue weighted by Crippen LogP contribution is 2.38. The van der Waals surface area contributed by atoms with Gasteiger partial charge >= 0.3 is 0 Å². The quantitative estimate of drug-likeness (QED) is 0.731. The van der Waals surface area contributed by atoms with E-state index < -0.39 is 0 Å². The van der Waals surface area contributed by atoms with Gasteiger partial charge in [-0.3, -0.25) is 0 Å². The van der Waals surface area contributed by atoms with Gasteiger partial charge in [0.15, 0.2) is 0 Å². The highest BCUT2D eigenvalue weighted by molar-refractivity contribution is 9.10. The van der Waals surface area contributed by atoms with E-state index in [9.17, 15) is 0 Å². The van der Waals surface area contributed by atoms with E-state index in [2.05, 4.69) is 41.9 Å². The van der Waals surface area contributed by atoms with Crippen LogP contribution < -0.4 is 4.74 Å². The van der Waals surface area contributed by atoms with Crippen LogP contribution in [-0.4, -0.2) is 6.61 Å². The molecule has 1 unspecified atom stereocenters. The number of halogens is 1. The van der Waals surface area contributed by atoms with Gasteiger partial charge in [-0.2, -0.15) is 0 Å². The molecule has 0 amide bonds. The minimum atomic E-state index is 0.540. The van der Waals surface area contributed by atoms with Crippen LogP contribution in [0.15, 0.2) is 16.6 Å².